The first kappa shape index (κ1) is 19.4. The van der Waals surface area contributed by atoms with Crippen LogP contribution in [0.1, 0.15) is 70.3 Å². The molecule has 2 aliphatic carbocycles. The molecule has 5 rings (SSSR count). The Balaban J connectivity index is 1.59. The second kappa shape index (κ2) is 8.66. The molecule has 0 aliphatic heterocycles. The fourth-order valence-electron chi connectivity index (χ4n) is 5.45. The average molecular weight is 406 g/mol. The van der Waals surface area contributed by atoms with Crippen molar-refractivity contribution in [3.05, 3.63) is 42.9 Å². The molecule has 5 heteroatoms. The van der Waals surface area contributed by atoms with Crippen molar-refractivity contribution in [3.63, 3.8) is 0 Å². The summed E-state index contributed by atoms with van der Waals surface area (Å²) in [5, 5.41) is 3.43. The van der Waals surface area contributed by atoms with Crippen molar-refractivity contribution in [1.82, 2.24) is 14.9 Å². The number of hydrogen-bond acceptors (Lipinski definition) is 3. The van der Waals surface area contributed by atoms with Crippen LogP contribution in [0.4, 0.5) is 0 Å². The molecule has 1 aromatic carbocycles. The van der Waals surface area contributed by atoms with Crippen molar-refractivity contribution in [2.45, 2.75) is 76.3 Å². The number of imidazole rings is 1. The molecule has 2 aromatic heterocycles. The minimum absolute atomic E-state index is 0.168. The van der Waals surface area contributed by atoms with Gasteiger partial charge in [-0.15, -0.1) is 0 Å². The van der Waals surface area contributed by atoms with E-state index in [2.05, 4.69) is 16.0 Å². The number of carbonyl (C=O) groups is 1. The van der Waals surface area contributed by atoms with Crippen LogP contribution in [-0.2, 0) is 4.79 Å². The lowest BCUT2D eigenvalue weighted by Crippen LogP contribution is -2.43. The molecule has 2 heterocycles. The molecular weight excluding hydrogens is 374 g/mol. The third kappa shape index (κ3) is 3.78. The van der Waals surface area contributed by atoms with E-state index >= 15 is 0 Å². The quantitative estimate of drug-likeness (QED) is 0.578. The van der Waals surface area contributed by atoms with Gasteiger partial charge in [0.15, 0.2) is 0 Å². The lowest BCUT2D eigenvalue weighted by atomic mass is 9.82. The van der Waals surface area contributed by atoms with Crippen LogP contribution in [0.2, 0.25) is 0 Å². The Morgan fingerprint density at radius 3 is 2.47 bits per heavy atom. The number of furan rings is 1. The van der Waals surface area contributed by atoms with E-state index in [0.29, 0.717) is 12.0 Å². The molecule has 0 spiro atoms. The van der Waals surface area contributed by atoms with Gasteiger partial charge in [0.05, 0.1) is 22.9 Å². The van der Waals surface area contributed by atoms with Crippen LogP contribution < -0.4 is 5.32 Å². The second-order valence-electron chi connectivity index (χ2n) is 8.99. The standard InChI is InChI=1S/C25H31N3O2/c29-25(26-20-11-5-2-6-12-20)23(18-9-3-1-4-10-18)28-22-14-8-7-13-21(22)27-24(28)19-15-16-30-17-19/h7-8,13-18,20,23H,1-6,9-12H2,(H,26,29). The van der Waals surface area contributed by atoms with Crippen molar-refractivity contribution in [3.8, 4) is 11.4 Å². The Bertz CT molecular complexity index is 979. The fraction of sp³-hybridized carbons (Fsp3) is 0.520. The fourth-order valence-corrected chi connectivity index (χ4v) is 5.45. The van der Waals surface area contributed by atoms with Gasteiger partial charge in [0.25, 0.3) is 0 Å². The largest absolute Gasteiger partial charge is 0.472 e. The predicted octanol–water partition coefficient (Wildman–Crippen LogP) is 5.87. The summed E-state index contributed by atoms with van der Waals surface area (Å²) >= 11 is 0. The van der Waals surface area contributed by atoms with E-state index < -0.39 is 0 Å². The van der Waals surface area contributed by atoms with Gasteiger partial charge >= 0.3 is 0 Å². The van der Waals surface area contributed by atoms with Gasteiger partial charge < -0.3 is 14.3 Å². The van der Waals surface area contributed by atoms with Crippen LogP contribution in [0.5, 0.6) is 0 Å². The Labute approximate surface area is 177 Å². The summed E-state index contributed by atoms with van der Waals surface area (Å²) < 4.78 is 7.58. The number of nitrogens with one attached hydrogen (secondary N) is 1. The summed E-state index contributed by atoms with van der Waals surface area (Å²) in [5.74, 6) is 1.34. The molecular formula is C25H31N3O2. The highest BCUT2D eigenvalue weighted by atomic mass is 16.3. The lowest BCUT2D eigenvalue weighted by molar-refractivity contribution is -0.127. The smallest absolute Gasteiger partial charge is 0.243 e. The van der Waals surface area contributed by atoms with Crippen LogP contribution in [0, 0.1) is 5.92 Å². The van der Waals surface area contributed by atoms with Crippen LogP contribution in [0.15, 0.2) is 47.3 Å². The third-order valence-electron chi connectivity index (χ3n) is 6.97. The lowest BCUT2D eigenvalue weighted by Gasteiger charge is -2.33. The molecule has 1 amide bonds. The molecule has 3 aromatic rings. The summed E-state index contributed by atoms with van der Waals surface area (Å²) in [6.45, 7) is 0. The predicted molar refractivity (Wildman–Crippen MR) is 118 cm³/mol. The number of benzene rings is 1. The maximum absolute atomic E-state index is 13.8. The normalized spacial score (nSPS) is 19.7. The van der Waals surface area contributed by atoms with E-state index in [0.717, 1.165) is 48.1 Å². The minimum Gasteiger partial charge on any atom is -0.472 e. The molecule has 0 bridgehead atoms. The molecule has 158 valence electrons. The Kier molecular flexibility index (Phi) is 5.60. The third-order valence-corrected chi connectivity index (χ3v) is 6.97. The Morgan fingerprint density at radius 1 is 1.00 bits per heavy atom. The van der Waals surface area contributed by atoms with Crippen molar-refractivity contribution in [2.24, 2.45) is 5.92 Å². The van der Waals surface area contributed by atoms with Gasteiger partial charge in [-0.2, -0.15) is 0 Å². The summed E-state index contributed by atoms with van der Waals surface area (Å²) in [4.78, 5) is 18.7. The number of rotatable bonds is 5. The summed E-state index contributed by atoms with van der Waals surface area (Å²) in [6, 6.07) is 10.2. The van der Waals surface area contributed by atoms with E-state index in [1.54, 1.807) is 12.5 Å². The van der Waals surface area contributed by atoms with Crippen molar-refractivity contribution in [1.29, 1.82) is 0 Å². The number of aromatic nitrogens is 2. The molecule has 0 radical (unpaired) electrons. The number of hydrogen-bond donors (Lipinski definition) is 1. The van der Waals surface area contributed by atoms with Gasteiger partial charge in [-0.25, -0.2) is 4.98 Å². The second-order valence-corrected chi connectivity index (χ2v) is 8.99. The first-order chi connectivity index (χ1) is 14.8. The molecule has 1 unspecified atom stereocenters. The van der Waals surface area contributed by atoms with Gasteiger partial charge in [-0.3, -0.25) is 4.79 Å². The van der Waals surface area contributed by atoms with Gasteiger partial charge in [0.2, 0.25) is 5.91 Å². The monoisotopic (exact) mass is 405 g/mol. The minimum atomic E-state index is -0.232. The highest BCUT2D eigenvalue weighted by Gasteiger charge is 2.35. The first-order valence-corrected chi connectivity index (χ1v) is 11.6. The van der Waals surface area contributed by atoms with E-state index in [9.17, 15) is 4.79 Å². The van der Waals surface area contributed by atoms with Gasteiger partial charge in [0, 0.05) is 6.04 Å². The zero-order valence-corrected chi connectivity index (χ0v) is 17.6. The zero-order chi connectivity index (χ0) is 20.3. The van der Waals surface area contributed by atoms with Gasteiger partial charge in [-0.05, 0) is 49.8 Å². The number of nitrogens with zero attached hydrogens (tertiary/aromatic N) is 2. The summed E-state index contributed by atoms with van der Waals surface area (Å²) in [5.41, 5.74) is 2.89. The number of fused-ring (bicyclic) bond motifs is 1. The Morgan fingerprint density at radius 2 is 1.73 bits per heavy atom. The topological polar surface area (TPSA) is 60.1 Å². The molecule has 1 N–H and O–H groups in total. The van der Waals surface area contributed by atoms with E-state index in [1.807, 2.05) is 24.3 Å². The number of carbonyl (C=O) groups excluding carboxylic acids is 1. The van der Waals surface area contributed by atoms with E-state index in [1.165, 1.54) is 38.5 Å². The van der Waals surface area contributed by atoms with Gasteiger partial charge in [-0.1, -0.05) is 50.7 Å². The van der Waals surface area contributed by atoms with Crippen LogP contribution in [0.25, 0.3) is 22.4 Å². The molecule has 0 saturated heterocycles. The maximum Gasteiger partial charge on any atom is 0.243 e. The zero-order valence-electron chi connectivity index (χ0n) is 17.6. The van der Waals surface area contributed by atoms with E-state index in [4.69, 9.17) is 9.40 Å². The van der Waals surface area contributed by atoms with Gasteiger partial charge in [0.1, 0.15) is 18.1 Å². The highest BCUT2D eigenvalue weighted by molar-refractivity contribution is 5.87. The molecule has 30 heavy (non-hydrogen) atoms. The molecule has 2 aliphatic rings. The number of amides is 1. The molecule has 5 nitrogen and oxygen atoms in total. The highest BCUT2D eigenvalue weighted by Crippen LogP contribution is 2.38. The van der Waals surface area contributed by atoms with Crippen molar-refractivity contribution in [2.75, 3.05) is 0 Å². The molecule has 2 saturated carbocycles. The first-order valence-electron chi connectivity index (χ1n) is 11.6. The van der Waals surface area contributed by atoms with Crippen molar-refractivity contribution >= 4 is 16.9 Å². The molecule has 1 atom stereocenters. The average Bonchev–Trinajstić information content (AvgIpc) is 3.44. The van der Waals surface area contributed by atoms with Crippen LogP contribution >= 0.6 is 0 Å². The molecule has 2 fully saturated rings. The van der Waals surface area contributed by atoms with Crippen LogP contribution in [-0.4, -0.2) is 21.5 Å². The van der Waals surface area contributed by atoms with Crippen molar-refractivity contribution < 1.29 is 9.21 Å². The summed E-state index contributed by atoms with van der Waals surface area (Å²) in [7, 11) is 0. The van der Waals surface area contributed by atoms with Crippen LogP contribution in [0.3, 0.4) is 0 Å². The maximum atomic E-state index is 13.8. The van der Waals surface area contributed by atoms with E-state index in [-0.39, 0.29) is 11.9 Å². The number of para-hydroxylation sites is 2. The SMILES string of the molecule is O=C(NC1CCCCC1)C(C1CCCCC1)n1c(-c2ccoc2)nc2ccccc21. The Hall–Kier alpha value is -2.56. The summed E-state index contributed by atoms with van der Waals surface area (Å²) in [6.07, 6.45) is 15.2.